The van der Waals surface area contributed by atoms with E-state index in [1.165, 1.54) is 12.7 Å². The molecule has 2 heteroatoms. The quantitative estimate of drug-likeness (QED) is 0.581. The monoisotopic (exact) mass is 227 g/mol. The molecule has 0 heterocycles. The van der Waals surface area contributed by atoms with Crippen LogP contribution in [0, 0.1) is 29.1 Å². The first kappa shape index (κ1) is 10.6. The molecule has 1 fully saturated rings. The SMILES string of the molecule is C=CO/C(=C\C)C1=CC2C3C=CC(C3)C2C1=N. The van der Waals surface area contributed by atoms with Gasteiger partial charge in [-0.15, -0.1) is 0 Å². The highest BCUT2D eigenvalue weighted by atomic mass is 16.5. The van der Waals surface area contributed by atoms with Gasteiger partial charge in [0, 0.05) is 17.2 Å². The van der Waals surface area contributed by atoms with E-state index in [1.54, 1.807) is 0 Å². The molecule has 88 valence electrons. The fraction of sp³-hybridized carbons (Fsp3) is 0.400. The summed E-state index contributed by atoms with van der Waals surface area (Å²) in [7, 11) is 0. The van der Waals surface area contributed by atoms with Crippen LogP contribution in [0.4, 0.5) is 0 Å². The van der Waals surface area contributed by atoms with Crippen molar-refractivity contribution in [3.8, 4) is 0 Å². The lowest BCUT2D eigenvalue weighted by Crippen LogP contribution is -2.21. The molecule has 3 aliphatic carbocycles. The van der Waals surface area contributed by atoms with Gasteiger partial charge in [0.05, 0.1) is 6.26 Å². The molecule has 0 spiro atoms. The highest BCUT2D eigenvalue weighted by molar-refractivity contribution is 6.06. The largest absolute Gasteiger partial charge is 0.465 e. The van der Waals surface area contributed by atoms with Crippen LogP contribution in [0.25, 0.3) is 0 Å². The van der Waals surface area contributed by atoms with E-state index in [-0.39, 0.29) is 0 Å². The van der Waals surface area contributed by atoms with E-state index in [9.17, 15) is 0 Å². The Balaban J connectivity index is 1.92. The lowest BCUT2D eigenvalue weighted by molar-refractivity contribution is 0.365. The first-order valence-electron chi connectivity index (χ1n) is 6.19. The molecule has 0 radical (unpaired) electrons. The Morgan fingerprint density at radius 2 is 2.24 bits per heavy atom. The van der Waals surface area contributed by atoms with Crippen molar-refractivity contribution in [2.24, 2.45) is 23.7 Å². The summed E-state index contributed by atoms with van der Waals surface area (Å²) < 4.78 is 5.40. The summed E-state index contributed by atoms with van der Waals surface area (Å²) in [4.78, 5) is 0. The third kappa shape index (κ3) is 1.36. The minimum Gasteiger partial charge on any atom is -0.465 e. The van der Waals surface area contributed by atoms with Gasteiger partial charge in [-0.25, -0.2) is 0 Å². The summed E-state index contributed by atoms with van der Waals surface area (Å²) in [5.74, 6) is 2.91. The number of hydrogen-bond donors (Lipinski definition) is 1. The van der Waals surface area contributed by atoms with Crippen LogP contribution in [-0.2, 0) is 4.74 Å². The topological polar surface area (TPSA) is 33.1 Å². The number of nitrogens with one attached hydrogen (secondary N) is 1. The van der Waals surface area contributed by atoms with Crippen LogP contribution in [0.2, 0.25) is 0 Å². The maximum atomic E-state index is 8.34. The zero-order chi connectivity index (χ0) is 12.0. The zero-order valence-electron chi connectivity index (χ0n) is 10.0. The second kappa shape index (κ2) is 3.73. The van der Waals surface area contributed by atoms with Gasteiger partial charge in [-0.2, -0.15) is 0 Å². The van der Waals surface area contributed by atoms with Crippen LogP contribution in [0.5, 0.6) is 0 Å². The maximum Gasteiger partial charge on any atom is 0.130 e. The van der Waals surface area contributed by atoms with Gasteiger partial charge in [0.1, 0.15) is 5.76 Å². The molecule has 3 rings (SSSR count). The molecule has 0 aromatic carbocycles. The van der Waals surface area contributed by atoms with Crippen molar-refractivity contribution in [1.82, 2.24) is 0 Å². The first-order valence-corrected chi connectivity index (χ1v) is 6.19. The van der Waals surface area contributed by atoms with Gasteiger partial charge < -0.3 is 10.1 Å². The number of allylic oxidation sites excluding steroid dienone is 5. The summed E-state index contributed by atoms with van der Waals surface area (Å²) >= 11 is 0. The van der Waals surface area contributed by atoms with E-state index in [0.717, 1.165) is 17.0 Å². The van der Waals surface area contributed by atoms with Gasteiger partial charge in [-0.3, -0.25) is 0 Å². The molecule has 17 heavy (non-hydrogen) atoms. The Kier molecular flexibility index (Phi) is 2.32. The Morgan fingerprint density at radius 1 is 1.47 bits per heavy atom. The van der Waals surface area contributed by atoms with Gasteiger partial charge in [0.2, 0.25) is 0 Å². The van der Waals surface area contributed by atoms with Crippen LogP contribution in [-0.4, -0.2) is 5.71 Å². The van der Waals surface area contributed by atoms with Crippen LogP contribution >= 0.6 is 0 Å². The molecule has 0 aliphatic heterocycles. The van der Waals surface area contributed by atoms with E-state index < -0.39 is 0 Å². The van der Waals surface area contributed by atoms with Crippen LogP contribution in [0.3, 0.4) is 0 Å². The van der Waals surface area contributed by atoms with Crippen molar-refractivity contribution in [3.63, 3.8) is 0 Å². The minimum atomic E-state index is 0.392. The van der Waals surface area contributed by atoms with Crippen LogP contribution < -0.4 is 0 Å². The van der Waals surface area contributed by atoms with Gasteiger partial charge in [-0.05, 0) is 37.2 Å². The van der Waals surface area contributed by atoms with Gasteiger partial charge in [-0.1, -0.05) is 24.8 Å². The van der Waals surface area contributed by atoms with E-state index >= 15 is 0 Å². The summed E-state index contributed by atoms with van der Waals surface area (Å²) in [5.41, 5.74) is 1.72. The molecule has 4 unspecified atom stereocenters. The number of fused-ring (bicyclic) bond motifs is 5. The normalized spacial score (nSPS) is 38.3. The van der Waals surface area contributed by atoms with Crippen molar-refractivity contribution < 1.29 is 4.74 Å². The van der Waals surface area contributed by atoms with Crippen molar-refractivity contribution in [1.29, 1.82) is 5.41 Å². The Hall–Kier alpha value is -1.57. The number of hydrogen-bond acceptors (Lipinski definition) is 2. The molecule has 2 bridgehead atoms. The number of rotatable bonds is 3. The van der Waals surface area contributed by atoms with E-state index in [0.29, 0.717) is 23.7 Å². The highest BCUT2D eigenvalue weighted by Crippen LogP contribution is 2.53. The van der Waals surface area contributed by atoms with Crippen molar-refractivity contribution in [3.05, 3.63) is 48.5 Å². The van der Waals surface area contributed by atoms with Gasteiger partial charge in [0.25, 0.3) is 0 Å². The maximum absolute atomic E-state index is 8.34. The first-order chi connectivity index (χ1) is 8.26. The van der Waals surface area contributed by atoms with E-state index in [2.05, 4.69) is 24.8 Å². The van der Waals surface area contributed by atoms with Crippen LogP contribution in [0.15, 0.2) is 48.5 Å². The second-order valence-electron chi connectivity index (χ2n) is 4.98. The van der Waals surface area contributed by atoms with E-state index in [1.807, 2.05) is 13.0 Å². The summed E-state index contributed by atoms with van der Waals surface area (Å²) in [6.07, 6.45) is 11.4. The highest BCUT2D eigenvalue weighted by Gasteiger charge is 2.49. The molecular formula is C15H17NO. The molecule has 0 aromatic rings. The molecular weight excluding hydrogens is 210 g/mol. The standard InChI is InChI=1S/C15H17NO/c1-3-13(17-4-2)12-8-11-9-5-6-10(7-9)14(11)15(12)16/h3-6,8-11,14,16H,2,7H2,1H3/b13-3-,16-15?. The third-order valence-corrected chi connectivity index (χ3v) is 4.24. The minimum absolute atomic E-state index is 0.392. The Morgan fingerprint density at radius 3 is 2.88 bits per heavy atom. The third-order valence-electron chi connectivity index (χ3n) is 4.24. The van der Waals surface area contributed by atoms with Gasteiger partial charge in [0.15, 0.2) is 0 Å². The van der Waals surface area contributed by atoms with Crippen LogP contribution in [0.1, 0.15) is 13.3 Å². The van der Waals surface area contributed by atoms with E-state index in [4.69, 9.17) is 10.1 Å². The molecule has 2 nitrogen and oxygen atoms in total. The summed E-state index contributed by atoms with van der Waals surface area (Å²) in [6, 6.07) is 0. The molecule has 1 N–H and O–H groups in total. The fourth-order valence-corrected chi connectivity index (χ4v) is 3.55. The molecule has 3 aliphatic rings. The van der Waals surface area contributed by atoms with Gasteiger partial charge >= 0.3 is 0 Å². The summed E-state index contributed by atoms with van der Waals surface area (Å²) in [5, 5.41) is 8.34. The van der Waals surface area contributed by atoms with Crippen molar-refractivity contribution >= 4 is 5.71 Å². The molecule has 0 amide bonds. The zero-order valence-corrected chi connectivity index (χ0v) is 10.0. The smallest absolute Gasteiger partial charge is 0.130 e. The predicted octanol–water partition coefficient (Wildman–Crippen LogP) is 3.45. The lowest BCUT2D eigenvalue weighted by Gasteiger charge is -2.20. The number of ether oxygens (including phenoxy) is 1. The Bertz CT molecular complexity index is 469. The van der Waals surface area contributed by atoms with Crippen molar-refractivity contribution in [2.75, 3.05) is 0 Å². The molecule has 4 atom stereocenters. The average molecular weight is 227 g/mol. The molecule has 0 aromatic heterocycles. The molecule has 1 saturated carbocycles. The van der Waals surface area contributed by atoms with Crippen molar-refractivity contribution in [2.45, 2.75) is 13.3 Å². The predicted molar refractivity (Wildman–Crippen MR) is 68.6 cm³/mol. The fourth-order valence-electron chi connectivity index (χ4n) is 3.55. The average Bonchev–Trinajstić information content (AvgIpc) is 2.99. The second-order valence-corrected chi connectivity index (χ2v) is 4.98. The lowest BCUT2D eigenvalue weighted by atomic mass is 9.84. The Labute approximate surface area is 102 Å². The molecule has 0 saturated heterocycles. The summed E-state index contributed by atoms with van der Waals surface area (Å²) in [6.45, 7) is 5.52.